The minimum atomic E-state index is -0.946. The summed E-state index contributed by atoms with van der Waals surface area (Å²) in [5.41, 5.74) is 1.20. The van der Waals surface area contributed by atoms with Gasteiger partial charge in [0.05, 0.1) is 0 Å². The smallest absolute Gasteiger partial charge is 0.344 e. The number of benzene rings is 2. The zero-order valence-corrected chi connectivity index (χ0v) is 12.3. The fraction of sp³-hybridized carbons (Fsp3) is 0.235. The van der Waals surface area contributed by atoms with E-state index in [1.807, 2.05) is 30.3 Å². The van der Waals surface area contributed by atoms with Gasteiger partial charge in [0.25, 0.3) is 0 Å². The first-order valence-corrected chi connectivity index (χ1v) is 7.22. The van der Waals surface area contributed by atoms with Gasteiger partial charge >= 0.3 is 5.97 Å². The summed E-state index contributed by atoms with van der Waals surface area (Å²) in [6.45, 7) is 0. The Morgan fingerprint density at radius 3 is 2.38 bits per heavy atom. The maximum Gasteiger partial charge on any atom is 0.344 e. The number of hydrogen-bond donors (Lipinski definition) is 1. The van der Waals surface area contributed by atoms with Crippen molar-refractivity contribution in [3.8, 4) is 5.75 Å². The van der Waals surface area contributed by atoms with E-state index in [0.717, 1.165) is 12.8 Å². The summed E-state index contributed by atoms with van der Waals surface area (Å²) in [5.74, 6) is -0.426. The van der Waals surface area contributed by atoms with Crippen LogP contribution >= 0.6 is 11.6 Å². The number of rotatable bonds is 7. The minimum absolute atomic E-state index is 0.465. The van der Waals surface area contributed by atoms with Gasteiger partial charge in [0, 0.05) is 5.02 Å². The minimum Gasteiger partial charge on any atom is -0.479 e. The lowest BCUT2D eigenvalue weighted by molar-refractivity contribution is -0.145. The van der Waals surface area contributed by atoms with Crippen LogP contribution in [0.1, 0.15) is 18.4 Å². The predicted octanol–water partition coefficient (Wildman–Crippen LogP) is 4.19. The molecule has 2 aromatic rings. The second-order valence-electron chi connectivity index (χ2n) is 4.78. The van der Waals surface area contributed by atoms with Crippen molar-refractivity contribution in [3.63, 3.8) is 0 Å². The molecule has 21 heavy (non-hydrogen) atoms. The molecule has 0 spiro atoms. The van der Waals surface area contributed by atoms with Crippen LogP contribution in [0.3, 0.4) is 0 Å². The Morgan fingerprint density at radius 1 is 1.10 bits per heavy atom. The van der Waals surface area contributed by atoms with E-state index in [4.69, 9.17) is 16.3 Å². The molecule has 0 aromatic heterocycles. The van der Waals surface area contributed by atoms with Crippen LogP contribution in [0.25, 0.3) is 0 Å². The van der Waals surface area contributed by atoms with E-state index in [1.165, 1.54) is 5.56 Å². The third-order valence-electron chi connectivity index (χ3n) is 3.14. The van der Waals surface area contributed by atoms with Gasteiger partial charge in [-0.3, -0.25) is 0 Å². The summed E-state index contributed by atoms with van der Waals surface area (Å²) in [7, 11) is 0. The molecule has 3 nitrogen and oxygen atoms in total. The lowest BCUT2D eigenvalue weighted by atomic mass is 10.1. The number of aliphatic carboxylic acids is 1. The first kappa shape index (κ1) is 15.4. The molecule has 4 heteroatoms. The summed E-state index contributed by atoms with van der Waals surface area (Å²) in [5, 5.41) is 9.83. The van der Waals surface area contributed by atoms with Gasteiger partial charge in [-0.1, -0.05) is 41.9 Å². The Kier molecular flexibility index (Phi) is 5.64. The van der Waals surface area contributed by atoms with E-state index in [-0.39, 0.29) is 0 Å². The topological polar surface area (TPSA) is 46.5 Å². The number of hydrogen-bond acceptors (Lipinski definition) is 2. The number of carbonyl (C=O) groups is 1. The predicted molar refractivity (Wildman–Crippen MR) is 82.9 cm³/mol. The van der Waals surface area contributed by atoms with Gasteiger partial charge in [-0.15, -0.1) is 0 Å². The molecule has 0 bridgehead atoms. The Bertz CT molecular complexity index is 566. The van der Waals surface area contributed by atoms with Crippen molar-refractivity contribution in [3.05, 3.63) is 65.2 Å². The van der Waals surface area contributed by atoms with Crippen molar-refractivity contribution in [2.75, 3.05) is 0 Å². The molecule has 0 aliphatic rings. The molecule has 0 aliphatic carbocycles. The third-order valence-corrected chi connectivity index (χ3v) is 3.39. The lowest BCUT2D eigenvalue weighted by Gasteiger charge is -2.15. The van der Waals surface area contributed by atoms with Crippen LogP contribution in [0.5, 0.6) is 5.75 Å². The van der Waals surface area contributed by atoms with E-state index in [9.17, 15) is 9.90 Å². The molecule has 0 radical (unpaired) electrons. The first-order valence-electron chi connectivity index (χ1n) is 6.84. The fourth-order valence-corrected chi connectivity index (χ4v) is 2.17. The third kappa shape index (κ3) is 5.12. The highest BCUT2D eigenvalue weighted by Crippen LogP contribution is 2.18. The molecule has 2 rings (SSSR count). The average Bonchev–Trinajstić information content (AvgIpc) is 2.49. The second kappa shape index (κ2) is 7.70. The van der Waals surface area contributed by atoms with Crippen LogP contribution in [0, 0.1) is 0 Å². The van der Waals surface area contributed by atoms with Crippen molar-refractivity contribution in [1.29, 1.82) is 0 Å². The van der Waals surface area contributed by atoms with Crippen LogP contribution in [-0.2, 0) is 11.2 Å². The van der Waals surface area contributed by atoms with Gasteiger partial charge in [-0.05, 0) is 49.1 Å². The molecule has 1 N–H and O–H groups in total. The average molecular weight is 305 g/mol. The van der Waals surface area contributed by atoms with Crippen LogP contribution in [0.15, 0.2) is 54.6 Å². The zero-order chi connectivity index (χ0) is 15.1. The monoisotopic (exact) mass is 304 g/mol. The van der Waals surface area contributed by atoms with Gasteiger partial charge in [-0.2, -0.15) is 0 Å². The molecular formula is C17H17ClO3. The molecule has 2 aromatic carbocycles. The van der Waals surface area contributed by atoms with Crippen LogP contribution in [0.2, 0.25) is 5.02 Å². The number of carboxylic acids is 1. The summed E-state index contributed by atoms with van der Waals surface area (Å²) in [4.78, 5) is 11.3. The summed E-state index contributed by atoms with van der Waals surface area (Å²) in [6, 6.07) is 16.7. The van der Waals surface area contributed by atoms with Gasteiger partial charge in [0.1, 0.15) is 5.75 Å². The highest BCUT2D eigenvalue weighted by Gasteiger charge is 2.18. The van der Waals surface area contributed by atoms with Crippen LogP contribution in [-0.4, -0.2) is 17.2 Å². The molecule has 0 unspecified atom stereocenters. The maximum atomic E-state index is 11.3. The van der Waals surface area contributed by atoms with E-state index < -0.39 is 12.1 Å². The summed E-state index contributed by atoms with van der Waals surface area (Å²) >= 11 is 5.79. The molecule has 0 amide bonds. The lowest BCUT2D eigenvalue weighted by Crippen LogP contribution is -2.27. The molecular weight excluding hydrogens is 288 g/mol. The normalized spacial score (nSPS) is 11.9. The Morgan fingerprint density at radius 2 is 1.76 bits per heavy atom. The van der Waals surface area contributed by atoms with Crippen LogP contribution in [0.4, 0.5) is 0 Å². The van der Waals surface area contributed by atoms with Crippen molar-refractivity contribution in [1.82, 2.24) is 0 Å². The van der Waals surface area contributed by atoms with Crippen molar-refractivity contribution in [2.45, 2.75) is 25.4 Å². The second-order valence-corrected chi connectivity index (χ2v) is 5.21. The van der Waals surface area contributed by atoms with E-state index >= 15 is 0 Å². The largest absolute Gasteiger partial charge is 0.479 e. The van der Waals surface area contributed by atoms with Crippen molar-refractivity contribution in [2.24, 2.45) is 0 Å². The quantitative estimate of drug-likeness (QED) is 0.834. The van der Waals surface area contributed by atoms with Gasteiger partial charge in [0.15, 0.2) is 6.10 Å². The number of aryl methyl sites for hydroxylation is 1. The Labute approximate surface area is 129 Å². The highest BCUT2D eigenvalue weighted by atomic mass is 35.5. The molecule has 0 saturated heterocycles. The van der Waals surface area contributed by atoms with Crippen molar-refractivity contribution >= 4 is 17.6 Å². The highest BCUT2D eigenvalue weighted by molar-refractivity contribution is 6.30. The van der Waals surface area contributed by atoms with E-state index in [0.29, 0.717) is 17.2 Å². The molecule has 0 fully saturated rings. The fourth-order valence-electron chi connectivity index (χ4n) is 2.05. The number of carboxylic acid groups (broad SMARTS) is 1. The Hall–Kier alpha value is -2.00. The molecule has 0 heterocycles. The zero-order valence-electron chi connectivity index (χ0n) is 11.5. The van der Waals surface area contributed by atoms with Crippen molar-refractivity contribution < 1.29 is 14.6 Å². The Balaban J connectivity index is 1.87. The first-order chi connectivity index (χ1) is 10.1. The van der Waals surface area contributed by atoms with Crippen LogP contribution < -0.4 is 4.74 Å². The summed E-state index contributed by atoms with van der Waals surface area (Å²) < 4.78 is 5.51. The molecule has 0 aliphatic heterocycles. The van der Waals surface area contributed by atoms with Gasteiger partial charge in [-0.25, -0.2) is 4.79 Å². The van der Waals surface area contributed by atoms with Gasteiger partial charge in [0.2, 0.25) is 0 Å². The molecule has 0 saturated carbocycles. The molecule has 110 valence electrons. The van der Waals surface area contributed by atoms with E-state index in [1.54, 1.807) is 24.3 Å². The number of halogens is 1. The SMILES string of the molecule is O=C(O)[C@H](CCCc1ccccc1)Oc1ccc(Cl)cc1. The summed E-state index contributed by atoms with van der Waals surface area (Å²) in [6.07, 6.45) is 1.23. The maximum absolute atomic E-state index is 11.3. The standard InChI is InChI=1S/C17H17ClO3/c18-14-9-11-15(12-10-14)21-16(17(19)20)8-4-7-13-5-2-1-3-6-13/h1-3,5-6,9-12,16H,4,7-8H2,(H,19,20)/t16-/m0/s1. The van der Waals surface area contributed by atoms with E-state index in [2.05, 4.69) is 0 Å². The number of ether oxygens (including phenoxy) is 1. The molecule has 1 atom stereocenters. The van der Waals surface area contributed by atoms with Gasteiger partial charge < -0.3 is 9.84 Å².